The van der Waals surface area contributed by atoms with Crippen LogP contribution in [0.25, 0.3) is 0 Å². The van der Waals surface area contributed by atoms with Crippen molar-refractivity contribution in [2.45, 2.75) is 39.8 Å². The number of aryl methyl sites for hydroxylation is 2. The zero-order valence-electron chi connectivity index (χ0n) is 10.1. The summed E-state index contributed by atoms with van der Waals surface area (Å²) in [5.74, 6) is -0.769. The monoisotopic (exact) mass is 242 g/mol. The van der Waals surface area contributed by atoms with E-state index in [1.807, 2.05) is 32.7 Å². The molecule has 0 amide bonds. The fraction of sp³-hybridized carbons (Fsp3) is 0.636. The van der Waals surface area contributed by atoms with Crippen LogP contribution in [-0.2, 0) is 11.3 Å². The Balaban J connectivity index is 2.69. The molecule has 0 radical (unpaired) electrons. The molecule has 1 aromatic rings. The van der Waals surface area contributed by atoms with Gasteiger partial charge in [0.15, 0.2) is 0 Å². The number of hydrogen-bond donors (Lipinski definition) is 1. The Hall–Kier alpha value is -0.940. The molecule has 0 aliphatic rings. The molecule has 0 unspecified atom stereocenters. The van der Waals surface area contributed by atoms with Crippen molar-refractivity contribution in [2.75, 3.05) is 7.05 Å². The summed E-state index contributed by atoms with van der Waals surface area (Å²) in [6.07, 6.45) is 0.606. The lowest BCUT2D eigenvalue weighted by molar-refractivity contribution is -0.143. The third-order valence-corrected chi connectivity index (χ3v) is 3.72. The second kappa shape index (κ2) is 5.41. The number of aliphatic carboxylic acids is 1. The number of aromatic nitrogens is 1. The smallest absolute Gasteiger partial charge is 0.320 e. The van der Waals surface area contributed by atoms with Gasteiger partial charge in [-0.15, -0.1) is 11.3 Å². The lowest BCUT2D eigenvalue weighted by atomic mass is 10.2. The molecule has 0 fully saturated rings. The predicted molar refractivity (Wildman–Crippen MR) is 64.8 cm³/mol. The summed E-state index contributed by atoms with van der Waals surface area (Å²) in [6.45, 7) is 6.49. The molecule has 1 atom stereocenters. The van der Waals surface area contributed by atoms with Crippen LogP contribution >= 0.6 is 11.3 Å². The van der Waals surface area contributed by atoms with Gasteiger partial charge in [0.05, 0.1) is 12.2 Å². The van der Waals surface area contributed by atoms with Crippen molar-refractivity contribution in [1.29, 1.82) is 0 Å². The van der Waals surface area contributed by atoms with Gasteiger partial charge < -0.3 is 5.11 Å². The van der Waals surface area contributed by atoms with Gasteiger partial charge in [-0.05, 0) is 27.3 Å². The van der Waals surface area contributed by atoms with Crippen LogP contribution in [0.4, 0.5) is 0 Å². The Kier molecular flexibility index (Phi) is 4.44. The third kappa shape index (κ3) is 3.02. The lowest BCUT2D eigenvalue weighted by Crippen LogP contribution is -2.37. The van der Waals surface area contributed by atoms with Crippen molar-refractivity contribution < 1.29 is 9.90 Å². The molecule has 0 spiro atoms. The minimum absolute atomic E-state index is 0.426. The number of thiazole rings is 1. The molecular weight excluding hydrogens is 224 g/mol. The van der Waals surface area contributed by atoms with E-state index >= 15 is 0 Å². The van der Waals surface area contributed by atoms with Gasteiger partial charge in [0, 0.05) is 4.88 Å². The van der Waals surface area contributed by atoms with Crippen molar-refractivity contribution >= 4 is 17.3 Å². The molecule has 0 saturated carbocycles. The number of carboxylic acids is 1. The van der Waals surface area contributed by atoms with E-state index in [9.17, 15) is 4.79 Å². The highest BCUT2D eigenvalue weighted by molar-refractivity contribution is 7.11. The molecule has 90 valence electrons. The molecule has 0 aliphatic heterocycles. The maximum absolute atomic E-state index is 11.0. The van der Waals surface area contributed by atoms with Gasteiger partial charge in [0.1, 0.15) is 11.0 Å². The van der Waals surface area contributed by atoms with Crippen LogP contribution in [0.2, 0.25) is 0 Å². The maximum atomic E-state index is 11.0. The molecular formula is C11H18N2O2S. The van der Waals surface area contributed by atoms with Crippen molar-refractivity contribution in [3.63, 3.8) is 0 Å². The molecule has 0 saturated heterocycles. The van der Waals surface area contributed by atoms with E-state index in [4.69, 9.17) is 5.11 Å². The Morgan fingerprint density at radius 3 is 2.56 bits per heavy atom. The van der Waals surface area contributed by atoms with Crippen LogP contribution in [0.5, 0.6) is 0 Å². The van der Waals surface area contributed by atoms with Crippen molar-refractivity contribution in [2.24, 2.45) is 0 Å². The topological polar surface area (TPSA) is 53.4 Å². The Morgan fingerprint density at radius 2 is 2.19 bits per heavy atom. The summed E-state index contributed by atoms with van der Waals surface area (Å²) < 4.78 is 0. The van der Waals surface area contributed by atoms with Crippen molar-refractivity contribution in [1.82, 2.24) is 9.88 Å². The number of carboxylic acid groups (broad SMARTS) is 1. The molecule has 16 heavy (non-hydrogen) atoms. The van der Waals surface area contributed by atoms with Crippen LogP contribution in [0.1, 0.15) is 28.9 Å². The van der Waals surface area contributed by atoms with Gasteiger partial charge in [-0.25, -0.2) is 4.98 Å². The van der Waals surface area contributed by atoms with E-state index in [0.29, 0.717) is 13.0 Å². The highest BCUT2D eigenvalue weighted by Crippen LogP contribution is 2.18. The quantitative estimate of drug-likeness (QED) is 0.858. The summed E-state index contributed by atoms with van der Waals surface area (Å²) in [4.78, 5) is 18.4. The average molecular weight is 242 g/mol. The zero-order valence-corrected chi connectivity index (χ0v) is 11.0. The summed E-state index contributed by atoms with van der Waals surface area (Å²) in [5, 5.41) is 10.0. The summed E-state index contributed by atoms with van der Waals surface area (Å²) >= 11 is 1.64. The van der Waals surface area contributed by atoms with Crippen molar-refractivity contribution in [3.8, 4) is 0 Å². The molecule has 0 aromatic carbocycles. The number of rotatable bonds is 5. The lowest BCUT2D eigenvalue weighted by Gasteiger charge is -2.22. The number of hydrogen-bond acceptors (Lipinski definition) is 4. The number of likely N-dealkylation sites (N-methyl/N-ethyl adjacent to an activating group) is 1. The van der Waals surface area contributed by atoms with Gasteiger partial charge in [-0.2, -0.15) is 0 Å². The van der Waals surface area contributed by atoms with Gasteiger partial charge >= 0.3 is 5.97 Å². The average Bonchev–Trinajstić information content (AvgIpc) is 2.45. The zero-order chi connectivity index (χ0) is 12.3. The van der Waals surface area contributed by atoms with Crippen LogP contribution < -0.4 is 0 Å². The Morgan fingerprint density at radius 1 is 1.56 bits per heavy atom. The molecule has 0 aliphatic carbocycles. The Bertz CT molecular complexity index is 357. The van der Waals surface area contributed by atoms with Crippen LogP contribution in [-0.4, -0.2) is 34.0 Å². The first-order valence-electron chi connectivity index (χ1n) is 5.31. The van der Waals surface area contributed by atoms with Gasteiger partial charge in [-0.3, -0.25) is 9.69 Å². The first kappa shape index (κ1) is 13.1. The Labute approximate surface area is 99.9 Å². The fourth-order valence-electron chi connectivity index (χ4n) is 1.61. The minimum atomic E-state index is -0.769. The van der Waals surface area contributed by atoms with Crippen molar-refractivity contribution in [3.05, 3.63) is 15.6 Å². The van der Waals surface area contributed by atoms with Gasteiger partial charge in [0.2, 0.25) is 0 Å². The van der Waals surface area contributed by atoms with Gasteiger partial charge in [0.25, 0.3) is 0 Å². The van der Waals surface area contributed by atoms with E-state index in [-0.39, 0.29) is 0 Å². The molecule has 1 aromatic heterocycles. The second-order valence-electron chi connectivity index (χ2n) is 3.93. The molecule has 1 rings (SSSR count). The molecule has 1 heterocycles. The highest BCUT2D eigenvalue weighted by atomic mass is 32.1. The number of nitrogens with zero attached hydrogens (tertiary/aromatic N) is 2. The van der Waals surface area contributed by atoms with E-state index in [2.05, 4.69) is 4.98 Å². The normalized spacial score (nSPS) is 13.1. The van der Waals surface area contributed by atoms with Crippen LogP contribution in [0.3, 0.4) is 0 Å². The molecule has 1 N–H and O–H groups in total. The molecule has 0 bridgehead atoms. The maximum Gasteiger partial charge on any atom is 0.320 e. The first-order valence-corrected chi connectivity index (χ1v) is 6.13. The molecule has 4 nitrogen and oxygen atoms in total. The van der Waals surface area contributed by atoms with Crippen LogP contribution in [0, 0.1) is 13.8 Å². The standard InChI is InChI=1S/C11H18N2O2S/c1-5-9(11(14)15)13(4)6-10-12-7(2)8(3)16-10/h9H,5-6H2,1-4H3,(H,14,15)/t9-/m1/s1. The second-order valence-corrected chi connectivity index (χ2v) is 5.21. The van der Waals surface area contributed by atoms with E-state index < -0.39 is 12.0 Å². The van der Waals surface area contributed by atoms with E-state index in [0.717, 1.165) is 10.7 Å². The van der Waals surface area contributed by atoms with E-state index in [1.54, 1.807) is 11.3 Å². The van der Waals surface area contributed by atoms with Gasteiger partial charge in [-0.1, -0.05) is 6.92 Å². The third-order valence-electron chi connectivity index (χ3n) is 2.66. The summed E-state index contributed by atoms with van der Waals surface area (Å²) in [6, 6.07) is -0.426. The van der Waals surface area contributed by atoms with E-state index in [1.165, 1.54) is 4.88 Å². The highest BCUT2D eigenvalue weighted by Gasteiger charge is 2.21. The summed E-state index contributed by atoms with van der Waals surface area (Å²) in [7, 11) is 1.83. The largest absolute Gasteiger partial charge is 0.480 e. The first-order chi connectivity index (χ1) is 7.45. The minimum Gasteiger partial charge on any atom is -0.480 e. The fourth-order valence-corrected chi connectivity index (χ4v) is 2.60. The number of carbonyl (C=O) groups is 1. The SMILES string of the molecule is CC[C@H](C(=O)O)N(C)Cc1nc(C)c(C)s1. The molecule has 5 heteroatoms. The van der Waals surface area contributed by atoms with Crippen LogP contribution in [0.15, 0.2) is 0 Å². The predicted octanol–water partition coefficient (Wildman–Crippen LogP) is 2.05. The summed E-state index contributed by atoms with van der Waals surface area (Å²) in [5.41, 5.74) is 1.04.